The van der Waals surface area contributed by atoms with Gasteiger partial charge in [0.15, 0.2) is 0 Å². The van der Waals surface area contributed by atoms with Gasteiger partial charge < -0.3 is 10.1 Å². The number of ether oxygens (including phenoxy) is 1. The zero-order valence-corrected chi connectivity index (χ0v) is 14.1. The molecule has 1 saturated carbocycles. The summed E-state index contributed by atoms with van der Waals surface area (Å²) in [6.07, 6.45) is 2.52. The summed E-state index contributed by atoms with van der Waals surface area (Å²) in [5.41, 5.74) is 1.87. The topological polar surface area (TPSA) is 34.1 Å². The second kappa shape index (κ2) is 6.52. The first-order valence-corrected chi connectivity index (χ1v) is 8.44. The molecule has 2 aromatic rings. The summed E-state index contributed by atoms with van der Waals surface area (Å²) < 4.78 is 19.2. The van der Waals surface area contributed by atoms with Crippen molar-refractivity contribution in [3.8, 4) is 10.6 Å². The molecule has 0 saturated heterocycles. The normalized spacial score (nSPS) is 14.6. The van der Waals surface area contributed by atoms with Crippen LogP contribution in [0.15, 0.2) is 22.7 Å². The summed E-state index contributed by atoms with van der Waals surface area (Å²) in [5.74, 6) is -0.255. The first kappa shape index (κ1) is 15.1. The van der Waals surface area contributed by atoms with E-state index in [4.69, 9.17) is 4.74 Å². The maximum absolute atomic E-state index is 13.2. The molecule has 3 rings (SSSR count). The molecule has 6 heteroatoms. The highest BCUT2D eigenvalue weighted by Gasteiger charge is 2.22. The second-order valence-corrected chi connectivity index (χ2v) is 7.04. The zero-order valence-electron chi connectivity index (χ0n) is 11.7. The predicted octanol–water partition coefficient (Wildman–Crippen LogP) is 4.11. The summed E-state index contributed by atoms with van der Waals surface area (Å²) in [4.78, 5) is 5.85. The minimum absolute atomic E-state index is 0.255. The van der Waals surface area contributed by atoms with E-state index in [-0.39, 0.29) is 5.82 Å². The van der Waals surface area contributed by atoms with Crippen molar-refractivity contribution in [2.45, 2.75) is 32.0 Å². The van der Waals surface area contributed by atoms with E-state index in [2.05, 4.69) is 26.2 Å². The Bertz CT molecular complexity index is 643. The average Bonchev–Trinajstić information content (AvgIpc) is 3.19. The molecule has 112 valence electrons. The Hall–Kier alpha value is -0.820. The Morgan fingerprint density at radius 3 is 2.95 bits per heavy atom. The number of nitrogens with zero attached hydrogens (tertiary/aromatic N) is 1. The van der Waals surface area contributed by atoms with Crippen LogP contribution < -0.4 is 5.32 Å². The highest BCUT2D eigenvalue weighted by Crippen LogP contribution is 2.34. The van der Waals surface area contributed by atoms with Crippen LogP contribution in [0.1, 0.15) is 23.4 Å². The molecule has 1 heterocycles. The molecule has 0 amide bonds. The lowest BCUT2D eigenvalue weighted by molar-refractivity contribution is 0.181. The molecule has 0 radical (unpaired) electrons. The first-order valence-electron chi connectivity index (χ1n) is 6.83. The van der Waals surface area contributed by atoms with Gasteiger partial charge in [-0.3, -0.25) is 0 Å². The maximum Gasteiger partial charge on any atom is 0.125 e. The van der Waals surface area contributed by atoms with E-state index in [0.29, 0.717) is 12.6 Å². The van der Waals surface area contributed by atoms with Gasteiger partial charge in [0.1, 0.15) is 10.8 Å². The Morgan fingerprint density at radius 1 is 1.48 bits per heavy atom. The number of methoxy groups -OCH3 is 1. The van der Waals surface area contributed by atoms with Crippen molar-refractivity contribution in [1.29, 1.82) is 0 Å². The molecular formula is C15H16BrFN2OS. The molecule has 0 atom stereocenters. The fraction of sp³-hybridized carbons (Fsp3) is 0.400. The molecule has 0 unspecified atom stereocenters. The Kier molecular flexibility index (Phi) is 4.69. The molecule has 0 bridgehead atoms. The smallest absolute Gasteiger partial charge is 0.125 e. The van der Waals surface area contributed by atoms with E-state index in [1.807, 2.05) is 0 Å². The number of hydrogen-bond acceptors (Lipinski definition) is 4. The number of hydrogen-bond donors (Lipinski definition) is 1. The molecular weight excluding hydrogens is 355 g/mol. The number of aromatic nitrogens is 1. The van der Waals surface area contributed by atoms with Crippen molar-refractivity contribution >= 4 is 27.3 Å². The molecule has 3 nitrogen and oxygen atoms in total. The van der Waals surface area contributed by atoms with Crippen LogP contribution in [0.4, 0.5) is 4.39 Å². The lowest BCUT2D eigenvalue weighted by Gasteiger charge is -2.02. The van der Waals surface area contributed by atoms with Gasteiger partial charge in [-0.15, -0.1) is 11.3 Å². The van der Waals surface area contributed by atoms with Crippen molar-refractivity contribution in [1.82, 2.24) is 10.3 Å². The molecule has 1 fully saturated rings. The summed E-state index contributed by atoms with van der Waals surface area (Å²) in [7, 11) is 1.67. The monoisotopic (exact) mass is 370 g/mol. The van der Waals surface area contributed by atoms with Gasteiger partial charge >= 0.3 is 0 Å². The number of benzene rings is 1. The van der Waals surface area contributed by atoms with Crippen molar-refractivity contribution < 1.29 is 9.13 Å². The number of rotatable bonds is 6. The average molecular weight is 371 g/mol. The van der Waals surface area contributed by atoms with Gasteiger partial charge in [0.2, 0.25) is 0 Å². The number of nitrogens with one attached hydrogen (secondary N) is 1. The Morgan fingerprint density at radius 2 is 2.29 bits per heavy atom. The van der Waals surface area contributed by atoms with Crippen LogP contribution in [0.3, 0.4) is 0 Å². The van der Waals surface area contributed by atoms with Gasteiger partial charge in [-0.25, -0.2) is 9.37 Å². The van der Waals surface area contributed by atoms with Gasteiger partial charge in [0, 0.05) is 34.6 Å². The van der Waals surface area contributed by atoms with Crippen molar-refractivity contribution in [3.63, 3.8) is 0 Å². The Balaban J connectivity index is 1.88. The van der Waals surface area contributed by atoms with Crippen LogP contribution in [0.2, 0.25) is 0 Å². The fourth-order valence-electron chi connectivity index (χ4n) is 2.07. The summed E-state index contributed by atoms with van der Waals surface area (Å²) in [5, 5.41) is 4.39. The van der Waals surface area contributed by atoms with E-state index in [1.54, 1.807) is 24.5 Å². The zero-order chi connectivity index (χ0) is 14.8. The lowest BCUT2D eigenvalue weighted by atomic mass is 10.2. The van der Waals surface area contributed by atoms with Crippen molar-refractivity contribution in [2.75, 3.05) is 7.11 Å². The largest absolute Gasteiger partial charge is 0.378 e. The second-order valence-electron chi connectivity index (χ2n) is 5.10. The molecule has 1 aliphatic carbocycles. The fourth-order valence-corrected chi connectivity index (χ4v) is 3.80. The van der Waals surface area contributed by atoms with Gasteiger partial charge in [0.25, 0.3) is 0 Å². The third kappa shape index (κ3) is 3.69. The highest BCUT2D eigenvalue weighted by atomic mass is 79.9. The molecule has 0 aliphatic heterocycles. The van der Waals surface area contributed by atoms with E-state index >= 15 is 0 Å². The minimum Gasteiger partial charge on any atom is -0.378 e. The van der Waals surface area contributed by atoms with E-state index in [0.717, 1.165) is 27.3 Å². The van der Waals surface area contributed by atoms with Crippen LogP contribution in [0.25, 0.3) is 10.6 Å². The third-order valence-corrected chi connectivity index (χ3v) is 5.14. The van der Waals surface area contributed by atoms with Crippen LogP contribution in [0, 0.1) is 5.82 Å². The number of thiazole rings is 1. The number of halogens is 2. The van der Waals surface area contributed by atoms with Gasteiger partial charge in [-0.05, 0) is 47.0 Å². The molecule has 0 spiro atoms. The third-order valence-electron chi connectivity index (χ3n) is 3.35. The van der Waals surface area contributed by atoms with Crippen LogP contribution in [-0.2, 0) is 17.9 Å². The predicted molar refractivity (Wildman–Crippen MR) is 85.8 cm³/mol. The SMILES string of the molecule is COCc1nc(-c2ccc(F)cc2Br)sc1CNC1CC1. The van der Waals surface area contributed by atoms with Gasteiger partial charge in [-0.1, -0.05) is 0 Å². The first-order chi connectivity index (χ1) is 10.2. The van der Waals surface area contributed by atoms with Gasteiger partial charge in [0.05, 0.1) is 12.3 Å². The van der Waals surface area contributed by atoms with Crippen LogP contribution in [-0.4, -0.2) is 18.1 Å². The lowest BCUT2D eigenvalue weighted by Crippen LogP contribution is -2.15. The Labute approximate surface area is 135 Å². The van der Waals surface area contributed by atoms with E-state index < -0.39 is 0 Å². The highest BCUT2D eigenvalue weighted by molar-refractivity contribution is 9.10. The van der Waals surface area contributed by atoms with Gasteiger partial charge in [-0.2, -0.15) is 0 Å². The molecule has 1 aromatic carbocycles. The maximum atomic E-state index is 13.2. The van der Waals surface area contributed by atoms with E-state index in [1.165, 1.54) is 29.9 Å². The summed E-state index contributed by atoms with van der Waals surface area (Å²) in [6.45, 7) is 1.32. The molecule has 21 heavy (non-hydrogen) atoms. The quantitative estimate of drug-likeness (QED) is 0.830. The van der Waals surface area contributed by atoms with Crippen molar-refractivity contribution in [3.05, 3.63) is 39.1 Å². The molecule has 1 aliphatic rings. The van der Waals surface area contributed by atoms with Crippen LogP contribution in [0.5, 0.6) is 0 Å². The summed E-state index contributed by atoms with van der Waals surface area (Å²) >= 11 is 5.04. The minimum atomic E-state index is -0.255. The van der Waals surface area contributed by atoms with Crippen LogP contribution >= 0.6 is 27.3 Å². The van der Waals surface area contributed by atoms with Crippen molar-refractivity contribution in [2.24, 2.45) is 0 Å². The summed E-state index contributed by atoms with van der Waals surface area (Å²) in [6, 6.07) is 5.34. The van der Waals surface area contributed by atoms with E-state index in [9.17, 15) is 4.39 Å². The molecule has 1 aromatic heterocycles. The standard InChI is InChI=1S/C15H16BrFN2OS/c1-20-8-13-14(7-18-10-3-4-10)21-15(19-13)11-5-2-9(17)6-12(11)16/h2,5-6,10,18H,3-4,7-8H2,1H3. The molecule has 1 N–H and O–H groups in total.